The van der Waals surface area contributed by atoms with Crippen LogP contribution in [0.5, 0.6) is 11.5 Å². The molecule has 1 aliphatic carbocycles. The van der Waals surface area contributed by atoms with Gasteiger partial charge in [-0.25, -0.2) is 0 Å². The van der Waals surface area contributed by atoms with Crippen LogP contribution in [-0.2, 0) is 17.6 Å². The summed E-state index contributed by atoms with van der Waals surface area (Å²) in [7, 11) is 0. The van der Waals surface area contributed by atoms with E-state index in [-0.39, 0.29) is 23.9 Å². The SMILES string of the molecule is CC(C)(C)C1CCc2c(sc(NC(=O)CSc3nnc(-c4ccc5c(c4)OCO5)o3)c2C#N)C1. The fourth-order valence-corrected chi connectivity index (χ4v) is 6.09. The van der Waals surface area contributed by atoms with E-state index in [0.717, 1.165) is 36.6 Å². The Morgan fingerprint density at radius 2 is 2.12 bits per heavy atom. The fourth-order valence-electron chi connectivity index (χ4n) is 4.24. The smallest absolute Gasteiger partial charge is 0.277 e. The number of thioether (sulfide) groups is 1. The maximum Gasteiger partial charge on any atom is 0.277 e. The van der Waals surface area contributed by atoms with Gasteiger partial charge in [-0.15, -0.1) is 21.5 Å². The maximum atomic E-state index is 12.6. The van der Waals surface area contributed by atoms with Crippen LogP contribution in [0.2, 0.25) is 0 Å². The van der Waals surface area contributed by atoms with Crippen molar-refractivity contribution < 1.29 is 18.7 Å². The second kappa shape index (κ2) is 8.96. The van der Waals surface area contributed by atoms with E-state index >= 15 is 0 Å². The molecule has 34 heavy (non-hydrogen) atoms. The minimum Gasteiger partial charge on any atom is -0.454 e. The number of fused-ring (bicyclic) bond motifs is 2. The Morgan fingerprint density at radius 3 is 2.91 bits per heavy atom. The first kappa shape index (κ1) is 22.7. The van der Waals surface area contributed by atoms with Crippen LogP contribution in [0.25, 0.3) is 11.5 Å². The second-order valence-electron chi connectivity index (χ2n) is 9.40. The van der Waals surface area contributed by atoms with Gasteiger partial charge < -0.3 is 19.2 Å². The molecule has 8 nitrogen and oxygen atoms in total. The summed E-state index contributed by atoms with van der Waals surface area (Å²) in [4.78, 5) is 13.9. The average molecular weight is 497 g/mol. The average Bonchev–Trinajstić information content (AvgIpc) is 3.53. The number of anilines is 1. The van der Waals surface area contributed by atoms with Crippen LogP contribution in [0, 0.1) is 22.7 Å². The highest BCUT2D eigenvalue weighted by atomic mass is 32.2. The number of hydrogen-bond acceptors (Lipinski definition) is 9. The highest BCUT2D eigenvalue weighted by Gasteiger charge is 2.32. The molecule has 10 heteroatoms. The summed E-state index contributed by atoms with van der Waals surface area (Å²) in [5.74, 6) is 2.10. The number of aromatic nitrogens is 2. The Labute approximate surface area is 205 Å². The molecular formula is C24H24N4O4S2. The van der Waals surface area contributed by atoms with Crippen LogP contribution in [-0.4, -0.2) is 28.7 Å². The number of rotatable bonds is 5. The van der Waals surface area contributed by atoms with E-state index < -0.39 is 0 Å². The molecule has 1 atom stereocenters. The minimum absolute atomic E-state index is 0.0980. The van der Waals surface area contributed by atoms with Crippen molar-refractivity contribution in [2.24, 2.45) is 11.3 Å². The molecular weight excluding hydrogens is 472 g/mol. The Bertz CT molecular complexity index is 1290. The predicted octanol–water partition coefficient (Wildman–Crippen LogP) is 5.28. The lowest BCUT2D eigenvalue weighted by atomic mass is 9.72. The summed E-state index contributed by atoms with van der Waals surface area (Å²) in [5, 5.41) is 21.7. The lowest BCUT2D eigenvalue weighted by Gasteiger charge is -2.33. The van der Waals surface area contributed by atoms with E-state index in [1.165, 1.54) is 16.2 Å². The Hall–Kier alpha value is -3.03. The van der Waals surface area contributed by atoms with Crippen LogP contribution in [0.4, 0.5) is 5.00 Å². The van der Waals surface area contributed by atoms with Crippen molar-refractivity contribution in [3.63, 3.8) is 0 Å². The number of ether oxygens (including phenoxy) is 2. The van der Waals surface area contributed by atoms with Gasteiger partial charge in [-0.05, 0) is 54.4 Å². The monoisotopic (exact) mass is 496 g/mol. The van der Waals surface area contributed by atoms with Crippen LogP contribution >= 0.6 is 23.1 Å². The van der Waals surface area contributed by atoms with Crippen LogP contribution in [0.1, 0.15) is 43.2 Å². The number of carbonyl (C=O) groups is 1. The summed E-state index contributed by atoms with van der Waals surface area (Å²) in [6, 6.07) is 7.69. The molecule has 1 unspecified atom stereocenters. The summed E-state index contributed by atoms with van der Waals surface area (Å²) in [5.41, 5.74) is 2.64. The molecule has 0 radical (unpaired) electrons. The summed E-state index contributed by atoms with van der Waals surface area (Å²) >= 11 is 2.68. The van der Waals surface area contributed by atoms with Gasteiger partial charge in [0, 0.05) is 10.4 Å². The zero-order valence-electron chi connectivity index (χ0n) is 19.1. The van der Waals surface area contributed by atoms with Crippen molar-refractivity contribution in [1.82, 2.24) is 10.2 Å². The van der Waals surface area contributed by atoms with E-state index in [2.05, 4.69) is 42.4 Å². The maximum absolute atomic E-state index is 12.6. The topological polar surface area (TPSA) is 110 Å². The summed E-state index contributed by atoms with van der Waals surface area (Å²) in [6.45, 7) is 6.97. The van der Waals surface area contributed by atoms with Crippen molar-refractivity contribution in [1.29, 1.82) is 5.26 Å². The van der Waals surface area contributed by atoms with E-state index in [9.17, 15) is 10.1 Å². The number of benzene rings is 1. The lowest BCUT2D eigenvalue weighted by molar-refractivity contribution is -0.113. The van der Waals surface area contributed by atoms with Gasteiger partial charge in [0.15, 0.2) is 11.5 Å². The van der Waals surface area contributed by atoms with Crippen LogP contribution in [0.15, 0.2) is 27.8 Å². The van der Waals surface area contributed by atoms with E-state index in [0.29, 0.717) is 44.7 Å². The predicted molar refractivity (Wildman–Crippen MR) is 129 cm³/mol. The zero-order chi connectivity index (χ0) is 23.9. The van der Waals surface area contributed by atoms with Gasteiger partial charge in [-0.2, -0.15) is 5.26 Å². The fraction of sp³-hybridized carbons (Fsp3) is 0.417. The molecule has 0 fully saturated rings. The van der Waals surface area contributed by atoms with E-state index in [1.807, 2.05) is 6.07 Å². The number of nitrogens with zero attached hydrogens (tertiary/aromatic N) is 3. The van der Waals surface area contributed by atoms with Crippen molar-refractivity contribution >= 4 is 34.0 Å². The van der Waals surface area contributed by atoms with Gasteiger partial charge in [0.05, 0.1) is 11.3 Å². The van der Waals surface area contributed by atoms with Gasteiger partial charge in [-0.1, -0.05) is 32.5 Å². The van der Waals surface area contributed by atoms with Crippen molar-refractivity contribution in [3.05, 3.63) is 34.2 Å². The number of thiophene rings is 1. The summed E-state index contributed by atoms with van der Waals surface area (Å²) in [6.07, 6.45) is 2.90. The number of amides is 1. The molecule has 2 aromatic heterocycles. The van der Waals surface area contributed by atoms with Gasteiger partial charge in [0.1, 0.15) is 11.1 Å². The minimum atomic E-state index is -0.213. The molecule has 3 aromatic rings. The second-order valence-corrected chi connectivity index (χ2v) is 11.4. The molecule has 1 amide bonds. The van der Waals surface area contributed by atoms with Crippen LogP contribution in [0.3, 0.4) is 0 Å². The Balaban J connectivity index is 1.22. The third kappa shape index (κ3) is 4.50. The highest BCUT2D eigenvalue weighted by molar-refractivity contribution is 7.99. The molecule has 176 valence electrons. The third-order valence-corrected chi connectivity index (χ3v) is 8.20. The molecule has 0 spiro atoms. The molecule has 0 saturated heterocycles. The van der Waals surface area contributed by atoms with Crippen molar-refractivity contribution in [2.75, 3.05) is 17.9 Å². The Morgan fingerprint density at radius 1 is 1.29 bits per heavy atom. The first-order valence-corrected chi connectivity index (χ1v) is 12.8. The summed E-state index contributed by atoms with van der Waals surface area (Å²) < 4.78 is 16.4. The van der Waals surface area contributed by atoms with Gasteiger partial charge in [0.2, 0.25) is 18.6 Å². The number of carbonyl (C=O) groups excluding carboxylic acids is 1. The van der Waals surface area contributed by atoms with Crippen LogP contribution < -0.4 is 14.8 Å². The lowest BCUT2D eigenvalue weighted by Crippen LogP contribution is -2.26. The molecule has 1 aromatic carbocycles. The number of hydrogen-bond donors (Lipinski definition) is 1. The quantitative estimate of drug-likeness (QED) is 0.475. The zero-order valence-corrected chi connectivity index (χ0v) is 20.8. The molecule has 1 N–H and O–H groups in total. The standard InChI is InChI=1S/C24H24N4O4S2/c1-24(2,3)14-5-6-15-16(10-25)22(34-19(15)9-14)26-20(29)11-33-23-28-27-21(32-23)13-4-7-17-18(8-13)31-12-30-17/h4,7-8,14H,5-6,9,11-12H2,1-3H3,(H,26,29). The normalized spacial score (nSPS) is 16.7. The molecule has 5 rings (SSSR count). The molecule has 3 heterocycles. The molecule has 1 aliphatic heterocycles. The number of nitriles is 1. The van der Waals surface area contributed by atoms with Gasteiger partial charge >= 0.3 is 0 Å². The highest BCUT2D eigenvalue weighted by Crippen LogP contribution is 2.44. The van der Waals surface area contributed by atoms with Crippen molar-refractivity contribution in [3.8, 4) is 29.0 Å². The largest absolute Gasteiger partial charge is 0.454 e. The molecule has 2 aliphatic rings. The van der Waals surface area contributed by atoms with Gasteiger partial charge in [-0.3, -0.25) is 4.79 Å². The third-order valence-electron chi connectivity index (χ3n) is 6.21. The van der Waals surface area contributed by atoms with E-state index in [1.54, 1.807) is 12.1 Å². The first-order valence-electron chi connectivity index (χ1n) is 11.0. The Kier molecular flexibility index (Phi) is 6.00. The molecule has 0 saturated carbocycles. The van der Waals surface area contributed by atoms with Crippen molar-refractivity contribution in [2.45, 2.75) is 45.3 Å². The number of nitrogens with one attached hydrogen (secondary N) is 1. The van der Waals surface area contributed by atoms with Gasteiger partial charge in [0.25, 0.3) is 5.22 Å². The molecule has 0 bridgehead atoms. The van der Waals surface area contributed by atoms with E-state index in [4.69, 9.17) is 13.9 Å². The first-order chi connectivity index (χ1) is 16.3.